The number of aliphatic hydroxyl groups excluding tert-OH is 4. The number of benzene rings is 2. The van der Waals surface area contributed by atoms with Gasteiger partial charge in [0.05, 0.1) is 64.3 Å². The number of carboxylic acids is 1. The van der Waals surface area contributed by atoms with E-state index in [9.17, 15) is 24.9 Å². The molecule has 9 N–H and O–H groups in total. The molecule has 10 aromatic heterocycles. The number of nitrogens with two attached hydrogens (primary N) is 1. The fourth-order valence-corrected chi connectivity index (χ4v) is 12.5. The van der Waals surface area contributed by atoms with E-state index in [0.29, 0.717) is 47.9 Å². The third-order valence-corrected chi connectivity index (χ3v) is 18.7. The highest BCUT2D eigenvalue weighted by molar-refractivity contribution is 6.32. The number of hydrogen-bond donors (Lipinski definition) is 8. The summed E-state index contributed by atoms with van der Waals surface area (Å²) in [6.45, 7) is 11.2. The van der Waals surface area contributed by atoms with Crippen molar-refractivity contribution in [1.82, 2.24) is 67.7 Å². The Balaban J connectivity index is 0.000000147. The number of fused-ring (bicyclic) bond motifs is 4. The predicted molar refractivity (Wildman–Crippen MR) is 394 cm³/mol. The SMILES string of the molecule is C.CC1(CO)CCN(c2nccn3cccc23)C1.CC1(CO)CCNC1.Cl.Clc1nccn2cccc12.NC1(CO)CCN(c2nccn3cccc23)C1.O=C(N[C@@]1(CO)CCN(c2nccn3cccc23)C1)c1ccn(-c2ccc(Cl)cc2)n1.O=C(O)c1ccn(-c2ccc(Cl)cc2)n1. The number of aromatic nitrogens is 12. The average Bonchev–Trinajstić information content (AvgIpc) is 1.65. The molecule has 4 aliphatic rings. The topological polar surface area (TPSA) is 300 Å². The van der Waals surface area contributed by atoms with Crippen LogP contribution >= 0.6 is 47.2 Å². The summed E-state index contributed by atoms with van der Waals surface area (Å²) in [5.74, 6) is 1.44. The fraction of sp³-hybridized carbons (Fsp3) is 0.324. The maximum absolute atomic E-state index is 12.9. The van der Waals surface area contributed by atoms with Crippen LogP contribution in [0, 0.1) is 10.8 Å². The van der Waals surface area contributed by atoms with Crippen molar-refractivity contribution in [3.63, 3.8) is 0 Å². The maximum atomic E-state index is 12.9. The molecule has 0 radical (unpaired) electrons. The van der Waals surface area contributed by atoms with Gasteiger partial charge in [-0.1, -0.05) is 56.1 Å². The molecule has 25 nitrogen and oxygen atoms in total. The van der Waals surface area contributed by atoms with Crippen LogP contribution < -0.4 is 31.1 Å². The van der Waals surface area contributed by atoms with Gasteiger partial charge in [-0.05, 0) is 141 Å². The second-order valence-corrected chi connectivity index (χ2v) is 26.7. The van der Waals surface area contributed by atoms with E-state index in [0.717, 1.165) is 103 Å². The van der Waals surface area contributed by atoms with Crippen LogP contribution in [-0.4, -0.2) is 184 Å². The van der Waals surface area contributed by atoms with E-state index in [4.69, 9.17) is 50.7 Å². The van der Waals surface area contributed by atoms with Crippen LogP contribution in [0.4, 0.5) is 17.5 Å². The van der Waals surface area contributed by atoms with E-state index in [-0.39, 0.29) is 67.8 Å². The molecule has 0 saturated carbocycles. The Hall–Kier alpha value is -9.12. The number of aliphatic hydroxyl groups is 4. The molecule has 29 heteroatoms. The summed E-state index contributed by atoms with van der Waals surface area (Å²) in [6, 6.07) is 33.2. The number of aromatic carboxylic acids is 1. The number of anilines is 3. The largest absolute Gasteiger partial charge is 0.476 e. The Kier molecular flexibility index (Phi) is 25.1. The van der Waals surface area contributed by atoms with Crippen LogP contribution in [0.5, 0.6) is 0 Å². The molecule has 14 heterocycles. The van der Waals surface area contributed by atoms with E-state index < -0.39 is 17.0 Å². The Labute approximate surface area is 600 Å². The van der Waals surface area contributed by atoms with Gasteiger partial charge in [0.2, 0.25) is 0 Å². The number of nitrogens with one attached hydrogen (secondary N) is 2. The van der Waals surface area contributed by atoms with Crippen molar-refractivity contribution in [2.75, 3.05) is 93.5 Å². The van der Waals surface area contributed by atoms with Gasteiger partial charge in [-0.15, -0.1) is 12.4 Å². The lowest BCUT2D eigenvalue weighted by Gasteiger charge is -2.28. The second-order valence-electron chi connectivity index (χ2n) is 25.5. The quantitative estimate of drug-likeness (QED) is 0.0564. The average molecular weight is 1440 g/mol. The molecule has 0 bridgehead atoms. The van der Waals surface area contributed by atoms with Crippen LogP contribution in [0.1, 0.15) is 67.9 Å². The molecule has 528 valence electrons. The van der Waals surface area contributed by atoms with Crippen LogP contribution in [0.2, 0.25) is 15.2 Å². The summed E-state index contributed by atoms with van der Waals surface area (Å²) in [5.41, 5.74) is 11.1. The van der Waals surface area contributed by atoms with Crippen LogP contribution in [0.3, 0.4) is 0 Å². The molecule has 0 spiro atoms. The number of carbonyl (C=O) groups is 2. The smallest absolute Gasteiger partial charge is 0.356 e. The zero-order chi connectivity index (χ0) is 69.0. The molecule has 4 aliphatic heterocycles. The zero-order valence-corrected chi connectivity index (χ0v) is 57.8. The Morgan fingerprint density at radius 2 is 0.950 bits per heavy atom. The van der Waals surface area contributed by atoms with Crippen molar-refractivity contribution < 1.29 is 35.1 Å². The highest BCUT2D eigenvalue weighted by Gasteiger charge is 2.41. The first-order valence-corrected chi connectivity index (χ1v) is 33.1. The molecule has 4 fully saturated rings. The highest BCUT2D eigenvalue weighted by Crippen LogP contribution is 2.34. The lowest BCUT2D eigenvalue weighted by atomic mass is 9.91. The number of halogens is 4. The number of nitrogens with zero attached hydrogens (tertiary/aromatic N) is 15. The van der Waals surface area contributed by atoms with Crippen LogP contribution in [0.15, 0.2) is 196 Å². The van der Waals surface area contributed by atoms with E-state index in [1.165, 1.54) is 10.7 Å². The van der Waals surface area contributed by atoms with Gasteiger partial charge in [0.15, 0.2) is 34.0 Å². The fourth-order valence-electron chi connectivity index (χ4n) is 12.1. The van der Waals surface area contributed by atoms with Crippen molar-refractivity contribution in [2.24, 2.45) is 16.6 Å². The van der Waals surface area contributed by atoms with Crippen molar-refractivity contribution in [1.29, 1.82) is 0 Å². The van der Waals surface area contributed by atoms with E-state index in [2.05, 4.69) is 79.8 Å². The molecule has 3 unspecified atom stereocenters. The van der Waals surface area contributed by atoms with Gasteiger partial charge in [0.1, 0.15) is 0 Å². The van der Waals surface area contributed by atoms with Gasteiger partial charge >= 0.3 is 5.97 Å². The van der Waals surface area contributed by atoms with Gasteiger partial charge in [0, 0.05) is 160 Å². The number of amides is 1. The minimum atomic E-state index is -1.04. The van der Waals surface area contributed by atoms with Gasteiger partial charge in [-0.25, -0.2) is 34.1 Å². The number of carbonyl (C=O) groups excluding carboxylic acids is 1. The first-order valence-electron chi connectivity index (χ1n) is 32.0. The van der Waals surface area contributed by atoms with Gasteiger partial charge < -0.3 is 74.2 Å². The lowest BCUT2D eigenvalue weighted by molar-refractivity contribution is 0.0689. The second kappa shape index (κ2) is 33.4. The molecular formula is C71H84Cl4N18O7. The minimum Gasteiger partial charge on any atom is -0.476 e. The van der Waals surface area contributed by atoms with E-state index >= 15 is 0 Å². The van der Waals surface area contributed by atoms with Crippen molar-refractivity contribution >= 4 is 98.6 Å². The van der Waals surface area contributed by atoms with Crippen molar-refractivity contribution in [3.05, 3.63) is 223 Å². The van der Waals surface area contributed by atoms with Crippen LogP contribution in [-0.2, 0) is 0 Å². The highest BCUT2D eigenvalue weighted by atomic mass is 35.5. The molecule has 12 aromatic rings. The molecule has 2 aromatic carbocycles. The molecule has 16 rings (SSSR count). The molecule has 4 saturated heterocycles. The van der Waals surface area contributed by atoms with Gasteiger partial charge in [0.25, 0.3) is 5.91 Å². The normalized spacial score (nSPS) is 19.8. The molecule has 4 atom stereocenters. The number of rotatable bonds is 12. The zero-order valence-electron chi connectivity index (χ0n) is 54.7. The first-order chi connectivity index (χ1) is 47.3. The standard InChI is InChI=1S/C22H21ClN6O2.C13H17N3O.C12H16N4O.C10H7ClN2O2.C7H5ClN2.C6H13NO.CH4.ClH/c23-16-3-5-17(6-4-16)29-11-7-18(26-29)21(31)25-22(15-30)8-12-28(14-22)20-19-2-1-10-27(19)13-9-24-20;1-13(10-17)4-7-16(9-13)12-11-3-2-6-15(11)8-5-14-12;13-12(9-17)3-6-16(8-12)11-10-2-1-5-15(10)7-4-14-11;11-7-1-3-8(4-2-7)13-6-5-9(12-13)10(14)15;8-7-6-2-1-4-10(6)5-3-9-7;1-6(5-8)2-3-7-4-6;;/h1-7,9-11,13,30H,8,12,14-15H2,(H,25,31);2-3,5-6,8,17H,4,7,9-10H2,1H3;1-2,4-5,7,17H,3,6,8-9,13H2;1-6H,(H,14,15);1-5H;7-8H,2-5H2,1H3;1H4;1H/t22-;;;;;;;/m0......./s1. The monoisotopic (exact) mass is 1440 g/mol. The number of hydrogen-bond acceptors (Lipinski definition) is 17. The lowest BCUT2D eigenvalue weighted by Crippen LogP contribution is -2.53. The summed E-state index contributed by atoms with van der Waals surface area (Å²) in [5, 5.41) is 62.6. The summed E-state index contributed by atoms with van der Waals surface area (Å²) < 4.78 is 11.2. The molecule has 0 aliphatic carbocycles. The Morgan fingerprint density at radius 1 is 0.510 bits per heavy atom. The predicted octanol–water partition coefficient (Wildman–Crippen LogP) is 9.57. The van der Waals surface area contributed by atoms with Crippen molar-refractivity contribution in [2.45, 2.75) is 58.0 Å². The Bertz CT molecular complexity index is 4510. The number of carboxylic acid groups (broad SMARTS) is 1. The summed E-state index contributed by atoms with van der Waals surface area (Å²) in [7, 11) is 0. The molecule has 100 heavy (non-hydrogen) atoms. The minimum absolute atomic E-state index is 0. The third kappa shape index (κ3) is 17.9. The third-order valence-electron chi connectivity index (χ3n) is 17.9. The summed E-state index contributed by atoms with van der Waals surface area (Å²) in [4.78, 5) is 47.4. The first kappa shape index (κ1) is 75.1. The van der Waals surface area contributed by atoms with Gasteiger partial charge in [-0.3, -0.25) is 4.79 Å². The molecule has 1 amide bonds. The Morgan fingerprint density at radius 3 is 1.37 bits per heavy atom. The van der Waals surface area contributed by atoms with E-state index in [1.54, 1.807) is 78.1 Å². The van der Waals surface area contributed by atoms with Crippen LogP contribution in [0.25, 0.3) is 33.4 Å². The van der Waals surface area contributed by atoms with E-state index in [1.807, 2.05) is 124 Å². The summed E-state index contributed by atoms with van der Waals surface area (Å²) in [6.07, 6.45) is 29.5. The summed E-state index contributed by atoms with van der Waals surface area (Å²) >= 11 is 17.4. The maximum Gasteiger partial charge on any atom is 0.356 e. The van der Waals surface area contributed by atoms with Crippen molar-refractivity contribution in [3.8, 4) is 11.4 Å². The molecular weight excluding hydrogens is 1360 g/mol. The van der Waals surface area contributed by atoms with Gasteiger partial charge in [-0.2, -0.15) is 10.2 Å².